The molecule has 1 aromatic rings. The van der Waals surface area contributed by atoms with Crippen molar-refractivity contribution in [1.82, 2.24) is 0 Å². The van der Waals surface area contributed by atoms with Crippen molar-refractivity contribution < 1.29 is 8.42 Å². The van der Waals surface area contributed by atoms with Crippen molar-refractivity contribution in [3.63, 3.8) is 0 Å². The minimum absolute atomic E-state index is 0.156. The second-order valence-electron chi connectivity index (χ2n) is 2.98. The molecule has 1 aromatic carbocycles. The van der Waals surface area contributed by atoms with Gasteiger partial charge in [0.25, 0.3) is 0 Å². The van der Waals surface area contributed by atoms with E-state index in [4.69, 9.17) is 5.73 Å². The maximum atomic E-state index is 11.2. The van der Waals surface area contributed by atoms with Gasteiger partial charge in [0.05, 0.1) is 15.9 Å². The van der Waals surface area contributed by atoms with Crippen molar-refractivity contribution in [3.8, 4) is 0 Å². The fourth-order valence-electron chi connectivity index (χ4n) is 1.21. The zero-order valence-electron chi connectivity index (χ0n) is 6.98. The van der Waals surface area contributed by atoms with Crippen molar-refractivity contribution in [1.29, 1.82) is 0 Å². The first kappa shape index (κ1) is 8.25. The van der Waals surface area contributed by atoms with Gasteiger partial charge >= 0.3 is 0 Å². The molecule has 0 bridgehead atoms. The molecule has 5 heteroatoms. The average Bonchev–Trinajstić information content (AvgIpc) is 1.94. The van der Waals surface area contributed by atoms with Crippen molar-refractivity contribution in [2.45, 2.75) is 4.90 Å². The zero-order chi connectivity index (χ0) is 9.64. The number of fused-ring (bicyclic) bond motifs is 1. The molecule has 0 atom stereocenters. The van der Waals surface area contributed by atoms with Gasteiger partial charge in [0, 0.05) is 17.7 Å². The zero-order valence-corrected chi connectivity index (χ0v) is 7.80. The minimum atomic E-state index is -3.24. The van der Waals surface area contributed by atoms with Crippen molar-refractivity contribution >= 4 is 21.7 Å². The Bertz CT molecular complexity index is 587. The van der Waals surface area contributed by atoms with Gasteiger partial charge in [-0.05, 0) is 12.1 Å². The molecule has 0 saturated heterocycles. The molecule has 0 fully saturated rings. The standard InChI is InChI=1S/C8H8N2O2S/c1-13(11,12)8-3-7-5(4-10-7)2-6(8)9/h2-4H,9H2,1H3. The Labute approximate surface area is 75.3 Å². The number of benzene rings is 1. The molecule has 1 heterocycles. The summed E-state index contributed by atoms with van der Waals surface area (Å²) in [4.78, 5) is 4.06. The van der Waals surface area contributed by atoms with Crippen molar-refractivity contribution in [2.24, 2.45) is 4.99 Å². The number of sulfone groups is 1. The van der Waals surface area contributed by atoms with Crippen LogP contribution >= 0.6 is 0 Å². The number of hydrogen-bond acceptors (Lipinski definition) is 4. The molecule has 0 aromatic heterocycles. The summed E-state index contributed by atoms with van der Waals surface area (Å²) in [6.45, 7) is 0. The lowest BCUT2D eigenvalue weighted by Gasteiger charge is -2.05. The molecule has 0 spiro atoms. The van der Waals surface area contributed by atoms with E-state index < -0.39 is 9.84 Å². The summed E-state index contributed by atoms with van der Waals surface area (Å²) in [7, 11) is -3.24. The lowest BCUT2D eigenvalue weighted by Crippen LogP contribution is -2.32. The van der Waals surface area contributed by atoms with Gasteiger partial charge in [-0.15, -0.1) is 0 Å². The fraction of sp³-hybridized carbons (Fsp3) is 0.125. The van der Waals surface area contributed by atoms with Gasteiger partial charge < -0.3 is 5.73 Å². The molecule has 0 amide bonds. The molecular weight excluding hydrogens is 188 g/mol. The highest BCUT2D eigenvalue weighted by atomic mass is 32.2. The van der Waals surface area contributed by atoms with Gasteiger partial charge in [-0.25, -0.2) is 8.42 Å². The summed E-state index contributed by atoms with van der Waals surface area (Å²) < 4.78 is 22.4. The van der Waals surface area contributed by atoms with Crippen LogP contribution in [0.3, 0.4) is 0 Å². The van der Waals surface area contributed by atoms with E-state index in [9.17, 15) is 8.42 Å². The first-order valence-electron chi connectivity index (χ1n) is 3.66. The summed E-state index contributed by atoms with van der Waals surface area (Å²) in [5, 5.41) is 1.58. The maximum absolute atomic E-state index is 11.2. The first-order chi connectivity index (χ1) is 5.98. The second-order valence-corrected chi connectivity index (χ2v) is 4.96. The van der Waals surface area contributed by atoms with E-state index in [1.807, 2.05) is 0 Å². The third-order valence-corrected chi connectivity index (χ3v) is 3.05. The van der Waals surface area contributed by atoms with E-state index in [1.54, 1.807) is 12.3 Å². The SMILES string of the molecule is CS(=O)(=O)c1cc2c(cc1N)=CN=2. The molecular formula is C8H8N2O2S. The molecule has 0 aliphatic carbocycles. The smallest absolute Gasteiger partial charge is 0.177 e. The van der Waals surface area contributed by atoms with E-state index in [0.29, 0.717) is 5.36 Å². The maximum Gasteiger partial charge on any atom is 0.177 e. The van der Waals surface area contributed by atoms with Crippen molar-refractivity contribution in [3.05, 3.63) is 22.7 Å². The molecule has 4 nitrogen and oxygen atoms in total. The Kier molecular flexibility index (Phi) is 1.47. The van der Waals surface area contributed by atoms with Crippen LogP contribution in [0.4, 0.5) is 5.69 Å². The van der Waals surface area contributed by atoms with Crippen LogP contribution in [0.5, 0.6) is 0 Å². The largest absolute Gasteiger partial charge is 0.398 e. The van der Waals surface area contributed by atoms with Gasteiger partial charge in [-0.1, -0.05) is 0 Å². The summed E-state index contributed by atoms with van der Waals surface area (Å²) in [5.41, 5.74) is 5.85. The molecule has 0 radical (unpaired) electrons. The number of anilines is 1. The highest BCUT2D eigenvalue weighted by Gasteiger charge is 2.12. The third-order valence-electron chi connectivity index (χ3n) is 1.90. The lowest BCUT2D eigenvalue weighted by molar-refractivity contribution is 0.602. The Morgan fingerprint density at radius 1 is 1.38 bits per heavy atom. The Morgan fingerprint density at radius 2 is 2.08 bits per heavy atom. The van der Waals surface area contributed by atoms with Crippen LogP contribution in [0.25, 0.3) is 6.20 Å². The van der Waals surface area contributed by atoms with Crippen LogP contribution in [0.2, 0.25) is 0 Å². The van der Waals surface area contributed by atoms with Gasteiger partial charge in [0.1, 0.15) is 0 Å². The predicted octanol–water partition coefficient (Wildman–Crippen LogP) is -0.956. The van der Waals surface area contributed by atoms with Crippen LogP contribution < -0.4 is 16.3 Å². The fourth-order valence-corrected chi connectivity index (χ4v) is 2.03. The quantitative estimate of drug-likeness (QED) is 0.588. The van der Waals surface area contributed by atoms with Gasteiger partial charge in [0.2, 0.25) is 0 Å². The van der Waals surface area contributed by atoms with Crippen LogP contribution in [0.15, 0.2) is 22.0 Å². The van der Waals surface area contributed by atoms with Crippen LogP contribution in [-0.4, -0.2) is 14.7 Å². The highest BCUT2D eigenvalue weighted by Crippen LogP contribution is 2.13. The summed E-state index contributed by atoms with van der Waals surface area (Å²) >= 11 is 0. The van der Waals surface area contributed by atoms with E-state index >= 15 is 0 Å². The lowest BCUT2D eigenvalue weighted by atomic mass is 10.2. The highest BCUT2D eigenvalue weighted by molar-refractivity contribution is 7.90. The third kappa shape index (κ3) is 1.21. The number of nitrogen functional groups attached to an aromatic ring is 1. The molecule has 1 aliphatic heterocycles. The summed E-state index contributed by atoms with van der Waals surface area (Å²) in [5.74, 6) is 0. The van der Waals surface area contributed by atoms with Gasteiger partial charge in [-0.2, -0.15) is 0 Å². The van der Waals surface area contributed by atoms with Gasteiger partial charge in [0.15, 0.2) is 9.84 Å². The van der Waals surface area contributed by atoms with E-state index in [1.165, 1.54) is 6.07 Å². The molecule has 1 aliphatic rings. The number of hydrogen-bond donors (Lipinski definition) is 1. The van der Waals surface area contributed by atoms with Crippen LogP contribution in [0.1, 0.15) is 0 Å². The molecule has 68 valence electrons. The second kappa shape index (κ2) is 2.32. The Morgan fingerprint density at radius 3 is 2.54 bits per heavy atom. The van der Waals surface area contributed by atoms with Crippen molar-refractivity contribution in [2.75, 3.05) is 12.0 Å². The normalized spacial score (nSPS) is 13.6. The Hall–Kier alpha value is -1.36. The molecule has 13 heavy (non-hydrogen) atoms. The molecule has 0 saturated carbocycles. The minimum Gasteiger partial charge on any atom is -0.398 e. The summed E-state index contributed by atoms with van der Waals surface area (Å²) in [6.07, 6.45) is 2.78. The van der Waals surface area contributed by atoms with E-state index in [-0.39, 0.29) is 10.6 Å². The van der Waals surface area contributed by atoms with E-state index in [0.717, 1.165) is 11.5 Å². The first-order valence-corrected chi connectivity index (χ1v) is 5.55. The monoisotopic (exact) mass is 196 g/mol. The number of nitrogens with zero attached hydrogens (tertiary/aromatic N) is 1. The topological polar surface area (TPSA) is 72.5 Å². The summed E-state index contributed by atoms with van der Waals surface area (Å²) in [6, 6.07) is 3.12. The molecule has 2 rings (SSSR count). The van der Waals surface area contributed by atoms with Gasteiger partial charge in [-0.3, -0.25) is 4.99 Å². The number of nitrogens with two attached hydrogens (primary N) is 1. The Balaban J connectivity index is 2.83. The molecule has 0 unspecified atom stereocenters. The van der Waals surface area contributed by atoms with E-state index in [2.05, 4.69) is 4.99 Å². The molecule has 2 N–H and O–H groups in total. The number of rotatable bonds is 1. The van der Waals surface area contributed by atoms with Crippen LogP contribution in [-0.2, 0) is 9.84 Å². The average molecular weight is 196 g/mol. The predicted molar refractivity (Wildman–Crippen MR) is 49.2 cm³/mol. The van der Waals surface area contributed by atoms with Crippen LogP contribution in [0, 0.1) is 0 Å².